The molecule has 16 nitrogen and oxygen atoms in total. The van der Waals surface area contributed by atoms with Crippen molar-refractivity contribution in [1.82, 2.24) is 19.6 Å². The number of hydrogen-bond donors (Lipinski definition) is 0. The molecule has 16 heteroatoms. The molecule has 0 fully saturated rings. The van der Waals surface area contributed by atoms with Gasteiger partial charge >= 0.3 is 11.9 Å². The minimum absolute atomic E-state index is 0.0172. The lowest BCUT2D eigenvalue weighted by atomic mass is 10.1. The number of esters is 2. The van der Waals surface area contributed by atoms with E-state index in [1.807, 2.05) is 55.4 Å². The number of carbonyl (C=O) groups is 6. The number of unbranched alkanes of at least 4 members (excludes halogenated alkanes) is 5. The fraction of sp³-hybridized carbons (Fsp3) is 0.679. The van der Waals surface area contributed by atoms with E-state index in [0.29, 0.717) is 99.3 Å². The maximum atomic E-state index is 13.0. The molecule has 2 aromatic carbocycles. The van der Waals surface area contributed by atoms with Gasteiger partial charge in [0.25, 0.3) is 23.6 Å². The first kappa shape index (κ1) is 62.6. The Morgan fingerprint density at radius 3 is 0.861 bits per heavy atom. The van der Waals surface area contributed by atoms with Crippen LogP contribution >= 0.6 is 0 Å². The average molecular weight is 1010 g/mol. The van der Waals surface area contributed by atoms with E-state index in [-0.39, 0.29) is 88.1 Å². The van der Waals surface area contributed by atoms with E-state index in [4.69, 9.17) is 28.4 Å². The monoisotopic (exact) mass is 1010 g/mol. The van der Waals surface area contributed by atoms with Gasteiger partial charge in [-0.1, -0.05) is 93.2 Å². The number of nitrogens with zero attached hydrogens (tertiary/aromatic N) is 4. The predicted octanol–water partition coefficient (Wildman–Crippen LogP) is 9.70. The Balaban J connectivity index is 1.86. The van der Waals surface area contributed by atoms with Gasteiger partial charge in [0.2, 0.25) is 0 Å². The summed E-state index contributed by atoms with van der Waals surface area (Å²) < 4.78 is 35.1. The van der Waals surface area contributed by atoms with Crippen molar-refractivity contribution in [3.05, 3.63) is 47.5 Å². The van der Waals surface area contributed by atoms with Crippen LogP contribution in [0.15, 0.2) is 36.4 Å². The van der Waals surface area contributed by atoms with Crippen LogP contribution in [0.1, 0.15) is 169 Å². The van der Waals surface area contributed by atoms with Crippen LogP contribution in [-0.4, -0.2) is 134 Å². The summed E-state index contributed by atoms with van der Waals surface area (Å²) in [5.74, 6) is 0.111. The third-order valence-electron chi connectivity index (χ3n) is 11.6. The molecule has 0 unspecified atom stereocenters. The van der Waals surface area contributed by atoms with Crippen LogP contribution < -0.4 is 18.9 Å². The zero-order valence-electron chi connectivity index (χ0n) is 45.4. The van der Waals surface area contributed by atoms with Gasteiger partial charge in [0.15, 0.2) is 49.4 Å². The van der Waals surface area contributed by atoms with Crippen LogP contribution in [0.5, 0.6) is 23.0 Å². The van der Waals surface area contributed by atoms with Gasteiger partial charge in [0, 0.05) is 65.2 Å². The molecule has 4 amide bonds. The molecule has 406 valence electrons. The Hall–Kier alpha value is -5.54. The van der Waals surface area contributed by atoms with Crippen molar-refractivity contribution in [2.75, 3.05) is 78.8 Å². The number of carbonyl (C=O) groups excluding carboxylic acids is 6. The summed E-state index contributed by atoms with van der Waals surface area (Å²) in [6.45, 7) is 20.6. The first-order valence-electron chi connectivity index (χ1n) is 27.1. The van der Waals surface area contributed by atoms with E-state index < -0.39 is 0 Å². The number of rotatable bonds is 41. The normalized spacial score (nSPS) is 10.8. The maximum Gasteiger partial charge on any atom is 0.306 e. The van der Waals surface area contributed by atoms with Crippen molar-refractivity contribution in [2.24, 2.45) is 0 Å². The van der Waals surface area contributed by atoms with Crippen molar-refractivity contribution in [2.45, 2.75) is 171 Å². The van der Waals surface area contributed by atoms with Crippen LogP contribution in [0.4, 0.5) is 0 Å². The summed E-state index contributed by atoms with van der Waals surface area (Å²) in [5, 5.41) is 0. The summed E-state index contributed by atoms with van der Waals surface area (Å²) in [6.07, 6.45) is 12.1. The molecule has 0 bridgehead atoms. The lowest BCUT2D eigenvalue weighted by Crippen LogP contribution is -2.36. The van der Waals surface area contributed by atoms with Gasteiger partial charge in [-0.15, -0.1) is 0 Å². The molecule has 0 radical (unpaired) electrons. The second-order valence-corrected chi connectivity index (χ2v) is 18.2. The molecule has 0 spiro atoms. The topological polar surface area (TPSA) is 171 Å². The smallest absolute Gasteiger partial charge is 0.306 e. The molecule has 0 N–H and O–H groups in total. The molecule has 2 rings (SSSR count). The van der Waals surface area contributed by atoms with Gasteiger partial charge in [-0.05, 0) is 99.6 Å². The third-order valence-corrected chi connectivity index (χ3v) is 11.6. The largest absolute Gasteiger partial charge is 0.480 e. The Morgan fingerprint density at radius 2 is 0.597 bits per heavy atom. The number of amides is 4. The van der Waals surface area contributed by atoms with Gasteiger partial charge in [0.1, 0.15) is 13.2 Å². The lowest BCUT2D eigenvalue weighted by Gasteiger charge is -2.23. The Kier molecular flexibility index (Phi) is 33.1. The Labute approximate surface area is 431 Å². The quantitative estimate of drug-likeness (QED) is 0.0457. The second kappa shape index (κ2) is 38.1. The highest BCUT2D eigenvalue weighted by atomic mass is 16.5. The van der Waals surface area contributed by atoms with Gasteiger partial charge in [-0.3, -0.25) is 28.8 Å². The number of hydrogen-bond acceptors (Lipinski definition) is 12. The molecule has 72 heavy (non-hydrogen) atoms. The third kappa shape index (κ3) is 25.2. The SMILES string of the molecule is CCCN(CCC)C(=O)COc1ccc(COC(=O)CCCCCCCCC(=O)OCc2ccc(OCC(=O)N(CCC)CCC)c(OCC(=O)N(CCC)CCC)c2)cc1OCC(=O)N(CCC)CCC. The first-order valence-corrected chi connectivity index (χ1v) is 27.1. The highest BCUT2D eigenvalue weighted by Gasteiger charge is 2.20. The van der Waals surface area contributed by atoms with Crippen molar-refractivity contribution in [3.8, 4) is 23.0 Å². The summed E-state index contributed by atoms with van der Waals surface area (Å²) in [4.78, 5) is 84.5. The molecule has 0 heterocycles. The van der Waals surface area contributed by atoms with Gasteiger partial charge < -0.3 is 48.0 Å². The summed E-state index contributed by atoms with van der Waals surface area (Å²) in [5.41, 5.74) is 1.33. The summed E-state index contributed by atoms with van der Waals surface area (Å²) in [7, 11) is 0. The molecule has 0 aromatic heterocycles. The van der Waals surface area contributed by atoms with Gasteiger partial charge in [-0.2, -0.15) is 0 Å². The zero-order valence-corrected chi connectivity index (χ0v) is 45.4. The van der Waals surface area contributed by atoms with E-state index in [2.05, 4.69) is 0 Å². The van der Waals surface area contributed by atoms with Gasteiger partial charge in [0.05, 0.1) is 0 Å². The van der Waals surface area contributed by atoms with Crippen LogP contribution in [0.25, 0.3) is 0 Å². The minimum atomic E-state index is -0.320. The predicted molar refractivity (Wildman–Crippen MR) is 280 cm³/mol. The van der Waals surface area contributed by atoms with Crippen molar-refractivity contribution in [3.63, 3.8) is 0 Å². The molecular formula is C56H90N4O12. The second-order valence-electron chi connectivity index (χ2n) is 18.2. The fourth-order valence-electron chi connectivity index (χ4n) is 7.99. The van der Waals surface area contributed by atoms with Crippen molar-refractivity contribution < 1.29 is 57.2 Å². The molecular weight excluding hydrogens is 921 g/mol. The van der Waals surface area contributed by atoms with E-state index >= 15 is 0 Å². The van der Waals surface area contributed by atoms with Gasteiger partial charge in [-0.25, -0.2) is 0 Å². The standard InChI is InChI=1S/C56H90N4O12/c1-9-29-57(30-10-2)51(61)41-67-47-27-25-45(37-49(47)69-43-53(63)59(33-13-5)34-14-6)39-71-55(65)23-21-19-17-18-20-22-24-56(66)72-40-46-26-28-48(68-42-52(62)58(31-11-3)32-12-4)50(38-46)70-44-54(64)60(35-15-7)36-16-8/h25-28,37-38H,9-24,29-36,39-44H2,1-8H3. The Bertz CT molecular complexity index is 1740. The van der Waals surface area contributed by atoms with Crippen molar-refractivity contribution >= 4 is 35.6 Å². The van der Waals surface area contributed by atoms with Crippen LogP contribution in [0, 0.1) is 0 Å². The molecule has 0 atom stereocenters. The molecule has 0 aliphatic carbocycles. The first-order chi connectivity index (χ1) is 34.9. The Morgan fingerprint density at radius 1 is 0.347 bits per heavy atom. The molecule has 0 saturated heterocycles. The van der Waals surface area contributed by atoms with Crippen LogP contribution in [-0.2, 0) is 51.5 Å². The van der Waals surface area contributed by atoms with E-state index in [1.54, 1.807) is 56.0 Å². The molecule has 2 aromatic rings. The summed E-state index contributed by atoms with van der Waals surface area (Å²) in [6, 6.07) is 10.3. The zero-order chi connectivity index (χ0) is 52.9. The summed E-state index contributed by atoms with van der Waals surface area (Å²) >= 11 is 0. The maximum absolute atomic E-state index is 13.0. The van der Waals surface area contributed by atoms with E-state index in [9.17, 15) is 28.8 Å². The molecule has 0 saturated carbocycles. The average Bonchev–Trinajstić information content (AvgIpc) is 3.37. The molecule has 0 aliphatic heterocycles. The highest BCUT2D eigenvalue weighted by Crippen LogP contribution is 2.31. The fourth-order valence-corrected chi connectivity index (χ4v) is 7.99. The highest BCUT2D eigenvalue weighted by molar-refractivity contribution is 5.79. The van der Waals surface area contributed by atoms with Crippen LogP contribution in [0.3, 0.4) is 0 Å². The van der Waals surface area contributed by atoms with Crippen LogP contribution in [0.2, 0.25) is 0 Å². The number of ether oxygens (including phenoxy) is 6. The molecule has 0 aliphatic rings. The van der Waals surface area contributed by atoms with E-state index in [0.717, 1.165) is 77.0 Å². The van der Waals surface area contributed by atoms with E-state index in [1.165, 1.54) is 0 Å². The van der Waals surface area contributed by atoms with Crippen molar-refractivity contribution in [1.29, 1.82) is 0 Å². The number of benzene rings is 2. The minimum Gasteiger partial charge on any atom is -0.480 e. The lowest BCUT2D eigenvalue weighted by molar-refractivity contribution is -0.146.